The molecule has 0 spiro atoms. The van der Waals surface area contributed by atoms with E-state index in [-0.39, 0.29) is 6.54 Å². The predicted molar refractivity (Wildman–Crippen MR) is 87.9 cm³/mol. The molecule has 0 aliphatic carbocycles. The largest absolute Gasteiger partial charge is 0.492 e. The molecule has 1 aromatic carbocycles. The number of benzene rings is 1. The first-order valence-corrected chi connectivity index (χ1v) is 8.97. The van der Waals surface area contributed by atoms with Crippen molar-refractivity contribution in [3.05, 3.63) is 29.3 Å². The zero-order valence-corrected chi connectivity index (χ0v) is 14.7. The van der Waals surface area contributed by atoms with Gasteiger partial charge in [-0.1, -0.05) is 6.07 Å². The minimum absolute atomic E-state index is 0.268. The molecule has 5 nitrogen and oxygen atoms in total. The summed E-state index contributed by atoms with van der Waals surface area (Å²) in [6.45, 7) is 9.09. The highest BCUT2D eigenvalue weighted by atomic mass is 32.2. The van der Waals surface area contributed by atoms with Gasteiger partial charge < -0.3 is 10.1 Å². The number of carbonyl (C=O) groups excluding carboxylic acids is 1. The Balaban J connectivity index is 2.46. The third-order valence-electron chi connectivity index (χ3n) is 3.38. The standard InChI is InChI=1S/C16H25NO4S/c1-11(2)22(19,20)14(5)16(18)17-6-7-21-15-9-12(3)8-13(4)10-15/h8-11,14H,6-7H2,1-5H3,(H,17,18)/t14-/m0/s1. The lowest BCUT2D eigenvalue weighted by molar-refractivity contribution is -0.120. The van der Waals surface area contributed by atoms with Crippen molar-refractivity contribution in [2.45, 2.75) is 45.1 Å². The first-order valence-electron chi connectivity index (χ1n) is 7.36. The van der Waals surface area contributed by atoms with E-state index in [1.807, 2.05) is 32.0 Å². The van der Waals surface area contributed by atoms with Crippen LogP contribution in [0.5, 0.6) is 5.75 Å². The van der Waals surface area contributed by atoms with Gasteiger partial charge in [0.25, 0.3) is 0 Å². The number of rotatable bonds is 7. The number of amides is 1. The number of hydrogen-bond donors (Lipinski definition) is 1. The van der Waals surface area contributed by atoms with E-state index in [9.17, 15) is 13.2 Å². The summed E-state index contributed by atoms with van der Waals surface area (Å²) < 4.78 is 29.4. The molecule has 1 atom stereocenters. The van der Waals surface area contributed by atoms with Gasteiger partial charge in [0.05, 0.1) is 11.8 Å². The van der Waals surface area contributed by atoms with Crippen LogP contribution >= 0.6 is 0 Å². The summed E-state index contributed by atoms with van der Waals surface area (Å²) >= 11 is 0. The lowest BCUT2D eigenvalue weighted by Crippen LogP contribution is -2.42. The Labute approximate surface area is 133 Å². The lowest BCUT2D eigenvalue weighted by Gasteiger charge is -2.16. The number of ether oxygens (including phenoxy) is 1. The first kappa shape index (κ1) is 18.5. The molecule has 0 bridgehead atoms. The van der Waals surface area contributed by atoms with Gasteiger partial charge >= 0.3 is 0 Å². The van der Waals surface area contributed by atoms with Crippen LogP contribution in [0.15, 0.2) is 18.2 Å². The second-order valence-corrected chi connectivity index (χ2v) is 8.57. The summed E-state index contributed by atoms with van der Waals surface area (Å²) in [6.07, 6.45) is 0. The van der Waals surface area contributed by atoms with E-state index in [1.54, 1.807) is 13.8 Å². The highest BCUT2D eigenvalue weighted by Gasteiger charge is 2.30. The molecule has 0 saturated heterocycles. The van der Waals surface area contributed by atoms with Crippen molar-refractivity contribution in [2.75, 3.05) is 13.2 Å². The average Bonchev–Trinajstić information content (AvgIpc) is 2.41. The smallest absolute Gasteiger partial charge is 0.238 e. The van der Waals surface area contributed by atoms with Crippen molar-refractivity contribution in [2.24, 2.45) is 0 Å². The molecule has 22 heavy (non-hydrogen) atoms. The van der Waals surface area contributed by atoms with Crippen LogP contribution in [0.2, 0.25) is 0 Å². The van der Waals surface area contributed by atoms with E-state index in [1.165, 1.54) is 6.92 Å². The molecule has 0 aliphatic rings. The van der Waals surface area contributed by atoms with Gasteiger partial charge in [-0.3, -0.25) is 4.79 Å². The molecule has 1 aromatic rings. The second-order valence-electron chi connectivity index (χ2n) is 5.74. The van der Waals surface area contributed by atoms with E-state index in [4.69, 9.17) is 4.74 Å². The third kappa shape index (κ3) is 5.02. The van der Waals surface area contributed by atoms with Crippen LogP contribution in [-0.2, 0) is 14.6 Å². The highest BCUT2D eigenvalue weighted by molar-refractivity contribution is 7.93. The van der Waals surface area contributed by atoms with Crippen molar-refractivity contribution in [3.63, 3.8) is 0 Å². The summed E-state index contributed by atoms with van der Waals surface area (Å²) in [4.78, 5) is 11.9. The van der Waals surface area contributed by atoms with Crippen LogP contribution in [0.1, 0.15) is 31.9 Å². The number of nitrogens with one attached hydrogen (secondary N) is 1. The Morgan fingerprint density at radius 2 is 1.68 bits per heavy atom. The van der Waals surface area contributed by atoms with Crippen LogP contribution in [0.3, 0.4) is 0 Å². The number of hydrogen-bond acceptors (Lipinski definition) is 4. The maximum absolute atomic E-state index is 11.9. The van der Waals surface area contributed by atoms with Crippen molar-refractivity contribution >= 4 is 15.7 Å². The van der Waals surface area contributed by atoms with Gasteiger partial charge in [0, 0.05) is 0 Å². The fourth-order valence-electron chi connectivity index (χ4n) is 2.06. The molecule has 1 amide bonds. The van der Waals surface area contributed by atoms with Gasteiger partial charge in [-0.2, -0.15) is 0 Å². The Morgan fingerprint density at radius 1 is 1.14 bits per heavy atom. The van der Waals surface area contributed by atoms with E-state index >= 15 is 0 Å². The van der Waals surface area contributed by atoms with Gasteiger partial charge in [0.15, 0.2) is 9.84 Å². The molecule has 1 N–H and O–H groups in total. The molecule has 0 aromatic heterocycles. The molecule has 6 heteroatoms. The van der Waals surface area contributed by atoms with Crippen molar-refractivity contribution in [1.29, 1.82) is 0 Å². The first-order chi connectivity index (χ1) is 10.1. The Bertz CT molecular complexity index is 603. The van der Waals surface area contributed by atoms with Crippen LogP contribution in [-0.4, -0.2) is 38.0 Å². The molecule has 0 aliphatic heterocycles. The minimum Gasteiger partial charge on any atom is -0.492 e. The SMILES string of the molecule is Cc1cc(C)cc(OCCNC(=O)[C@H](C)S(=O)(=O)C(C)C)c1. The zero-order valence-electron chi connectivity index (χ0n) is 13.8. The molecule has 124 valence electrons. The average molecular weight is 327 g/mol. The number of sulfone groups is 1. The van der Waals surface area contributed by atoms with Crippen molar-refractivity contribution in [3.8, 4) is 5.75 Å². The fourth-order valence-corrected chi connectivity index (χ4v) is 3.26. The fraction of sp³-hybridized carbons (Fsp3) is 0.562. The summed E-state index contributed by atoms with van der Waals surface area (Å²) in [7, 11) is -3.43. The van der Waals surface area contributed by atoms with Gasteiger partial charge in [-0.05, 0) is 57.9 Å². The minimum atomic E-state index is -3.43. The van der Waals surface area contributed by atoms with E-state index in [0.717, 1.165) is 16.9 Å². The number of carbonyl (C=O) groups is 1. The van der Waals surface area contributed by atoms with Crippen LogP contribution < -0.4 is 10.1 Å². The van der Waals surface area contributed by atoms with Crippen LogP contribution in [0.4, 0.5) is 0 Å². The van der Waals surface area contributed by atoms with Gasteiger partial charge in [0.2, 0.25) is 5.91 Å². The Kier molecular flexibility index (Phi) is 6.41. The molecular weight excluding hydrogens is 302 g/mol. The molecule has 0 unspecified atom stereocenters. The molecular formula is C16H25NO4S. The van der Waals surface area contributed by atoms with Crippen molar-refractivity contribution < 1.29 is 17.9 Å². The van der Waals surface area contributed by atoms with E-state index in [2.05, 4.69) is 5.32 Å². The summed E-state index contributed by atoms with van der Waals surface area (Å²) in [5.41, 5.74) is 2.21. The summed E-state index contributed by atoms with van der Waals surface area (Å²) in [5.74, 6) is 0.257. The maximum Gasteiger partial charge on any atom is 0.238 e. The molecule has 0 heterocycles. The monoisotopic (exact) mass is 327 g/mol. The van der Waals surface area contributed by atoms with E-state index < -0.39 is 26.2 Å². The molecule has 0 saturated carbocycles. The zero-order chi connectivity index (χ0) is 16.9. The summed E-state index contributed by atoms with van der Waals surface area (Å²) in [6, 6.07) is 5.88. The van der Waals surface area contributed by atoms with E-state index in [0.29, 0.717) is 6.61 Å². The molecule has 1 rings (SSSR count). The topological polar surface area (TPSA) is 72.5 Å². The van der Waals surface area contributed by atoms with Crippen molar-refractivity contribution in [1.82, 2.24) is 5.32 Å². The normalized spacial score (nSPS) is 13.0. The Hall–Kier alpha value is -1.56. The predicted octanol–water partition coefficient (Wildman–Crippen LogP) is 2.01. The Morgan fingerprint density at radius 3 is 2.18 bits per heavy atom. The maximum atomic E-state index is 11.9. The summed E-state index contributed by atoms with van der Waals surface area (Å²) in [5, 5.41) is 0.983. The second kappa shape index (κ2) is 7.63. The quantitative estimate of drug-likeness (QED) is 0.778. The van der Waals surface area contributed by atoms with Gasteiger partial charge in [0.1, 0.15) is 17.6 Å². The van der Waals surface area contributed by atoms with Gasteiger partial charge in [-0.25, -0.2) is 8.42 Å². The highest BCUT2D eigenvalue weighted by Crippen LogP contribution is 2.15. The molecule has 0 radical (unpaired) electrons. The van der Waals surface area contributed by atoms with Gasteiger partial charge in [-0.15, -0.1) is 0 Å². The van der Waals surface area contributed by atoms with Crippen LogP contribution in [0.25, 0.3) is 0 Å². The molecule has 0 fully saturated rings. The third-order valence-corrected chi connectivity index (χ3v) is 5.90. The number of aryl methyl sites for hydroxylation is 2. The lowest BCUT2D eigenvalue weighted by atomic mass is 10.1. The van der Waals surface area contributed by atoms with Crippen LogP contribution in [0, 0.1) is 13.8 Å².